The van der Waals surface area contributed by atoms with E-state index in [4.69, 9.17) is 9.57 Å². The van der Waals surface area contributed by atoms with Crippen LogP contribution >= 0.6 is 0 Å². The van der Waals surface area contributed by atoms with Gasteiger partial charge in [-0.2, -0.15) is 0 Å². The zero-order valence-corrected chi connectivity index (χ0v) is 14.6. The molecule has 1 saturated heterocycles. The Morgan fingerprint density at radius 2 is 2.28 bits per heavy atom. The van der Waals surface area contributed by atoms with Gasteiger partial charge in [0.2, 0.25) is 6.10 Å². The van der Waals surface area contributed by atoms with Crippen LogP contribution in [0.3, 0.4) is 0 Å². The van der Waals surface area contributed by atoms with Crippen molar-refractivity contribution >= 4 is 11.6 Å². The van der Waals surface area contributed by atoms with Crippen LogP contribution in [-0.2, 0) is 20.8 Å². The SMILES string of the molecule is CN(CC[C@@H]1CCCCO1)C(=O)[C@H]1CC(Cc2cccc(F)c2)=NO1. The van der Waals surface area contributed by atoms with Gasteiger partial charge in [-0.25, -0.2) is 4.39 Å². The Morgan fingerprint density at radius 1 is 1.40 bits per heavy atom. The lowest BCUT2D eigenvalue weighted by Gasteiger charge is -2.26. The first-order valence-electron chi connectivity index (χ1n) is 8.94. The molecule has 0 bridgehead atoms. The van der Waals surface area contributed by atoms with Crippen LogP contribution < -0.4 is 0 Å². The Hall–Kier alpha value is -1.95. The van der Waals surface area contributed by atoms with Crippen molar-refractivity contribution in [3.05, 3.63) is 35.6 Å². The predicted molar refractivity (Wildman–Crippen MR) is 92.9 cm³/mol. The molecular formula is C19H25FN2O3. The molecule has 1 amide bonds. The number of carbonyl (C=O) groups excluding carboxylic acids is 1. The predicted octanol–water partition coefficient (Wildman–Crippen LogP) is 2.93. The first-order chi connectivity index (χ1) is 12.1. The Bertz CT molecular complexity index is 629. The van der Waals surface area contributed by atoms with Crippen LogP contribution in [-0.4, -0.2) is 48.9 Å². The minimum Gasteiger partial charge on any atom is -0.382 e. The lowest BCUT2D eigenvalue weighted by atomic mass is 10.0. The molecule has 1 fully saturated rings. The Morgan fingerprint density at radius 3 is 3.04 bits per heavy atom. The molecule has 0 aliphatic carbocycles. The monoisotopic (exact) mass is 348 g/mol. The summed E-state index contributed by atoms with van der Waals surface area (Å²) in [5, 5.41) is 4.02. The highest BCUT2D eigenvalue weighted by Crippen LogP contribution is 2.19. The maximum atomic E-state index is 13.2. The average Bonchev–Trinajstić information content (AvgIpc) is 3.08. The van der Waals surface area contributed by atoms with E-state index >= 15 is 0 Å². The molecule has 2 heterocycles. The molecule has 2 aliphatic heterocycles. The molecule has 0 aromatic heterocycles. The number of nitrogens with zero attached hydrogens (tertiary/aromatic N) is 2. The van der Waals surface area contributed by atoms with Crippen molar-refractivity contribution in [3.63, 3.8) is 0 Å². The largest absolute Gasteiger partial charge is 0.382 e. The number of hydrogen-bond donors (Lipinski definition) is 0. The molecule has 136 valence electrons. The van der Waals surface area contributed by atoms with Crippen molar-refractivity contribution < 1.29 is 18.8 Å². The molecule has 5 nitrogen and oxygen atoms in total. The highest BCUT2D eigenvalue weighted by Gasteiger charge is 2.30. The van der Waals surface area contributed by atoms with Gasteiger partial charge in [0, 0.05) is 33.0 Å². The van der Waals surface area contributed by atoms with Gasteiger partial charge in [-0.3, -0.25) is 4.79 Å². The van der Waals surface area contributed by atoms with Crippen molar-refractivity contribution in [3.8, 4) is 0 Å². The van der Waals surface area contributed by atoms with Crippen molar-refractivity contribution in [2.24, 2.45) is 5.16 Å². The summed E-state index contributed by atoms with van der Waals surface area (Å²) < 4.78 is 19.0. The van der Waals surface area contributed by atoms with Crippen LogP contribution in [0.2, 0.25) is 0 Å². The molecule has 1 aromatic rings. The lowest BCUT2D eigenvalue weighted by Crippen LogP contribution is -2.38. The number of benzene rings is 1. The second-order valence-corrected chi connectivity index (χ2v) is 6.80. The summed E-state index contributed by atoms with van der Waals surface area (Å²) >= 11 is 0. The van der Waals surface area contributed by atoms with Crippen molar-refractivity contribution in [2.75, 3.05) is 20.2 Å². The molecule has 3 rings (SSSR count). The summed E-state index contributed by atoms with van der Waals surface area (Å²) in [7, 11) is 1.79. The summed E-state index contributed by atoms with van der Waals surface area (Å²) in [6, 6.07) is 6.41. The van der Waals surface area contributed by atoms with Gasteiger partial charge in [0.25, 0.3) is 5.91 Å². The quantitative estimate of drug-likeness (QED) is 0.794. The van der Waals surface area contributed by atoms with Gasteiger partial charge >= 0.3 is 0 Å². The molecule has 0 saturated carbocycles. The van der Waals surface area contributed by atoms with Crippen LogP contribution in [0.5, 0.6) is 0 Å². The van der Waals surface area contributed by atoms with Gasteiger partial charge in [0.05, 0.1) is 11.8 Å². The second-order valence-electron chi connectivity index (χ2n) is 6.80. The van der Waals surface area contributed by atoms with E-state index in [-0.39, 0.29) is 17.8 Å². The van der Waals surface area contributed by atoms with E-state index in [0.29, 0.717) is 19.4 Å². The molecule has 0 unspecified atom stereocenters. The normalized spacial score (nSPS) is 23.0. The fraction of sp³-hybridized carbons (Fsp3) is 0.579. The topological polar surface area (TPSA) is 51.1 Å². The second kappa shape index (κ2) is 8.43. The number of carbonyl (C=O) groups is 1. The number of amides is 1. The highest BCUT2D eigenvalue weighted by molar-refractivity contribution is 5.93. The molecular weight excluding hydrogens is 323 g/mol. The van der Waals surface area contributed by atoms with Gasteiger partial charge in [-0.05, 0) is 43.4 Å². The fourth-order valence-corrected chi connectivity index (χ4v) is 3.27. The van der Waals surface area contributed by atoms with Crippen LogP contribution in [0.15, 0.2) is 29.4 Å². The fourth-order valence-electron chi connectivity index (χ4n) is 3.27. The highest BCUT2D eigenvalue weighted by atomic mass is 19.1. The molecule has 2 atom stereocenters. The minimum absolute atomic E-state index is 0.0613. The van der Waals surface area contributed by atoms with Gasteiger partial charge in [0.15, 0.2) is 0 Å². The molecule has 2 aliphatic rings. The summed E-state index contributed by atoms with van der Waals surface area (Å²) in [5.41, 5.74) is 1.60. The standard InChI is InChI=1S/C19H25FN2O3/c1-22(9-8-17-7-2-3-10-24-17)19(23)18-13-16(21-25-18)12-14-5-4-6-15(20)11-14/h4-6,11,17-18H,2-3,7-10,12-13H2,1H3/t17-,18+/m0/s1. The van der Waals surface area contributed by atoms with E-state index in [9.17, 15) is 9.18 Å². The molecule has 6 heteroatoms. The molecule has 1 aromatic carbocycles. The third kappa shape index (κ3) is 5.01. The van der Waals surface area contributed by atoms with Gasteiger partial charge in [-0.15, -0.1) is 0 Å². The van der Waals surface area contributed by atoms with Crippen LogP contribution in [0.1, 0.15) is 37.7 Å². The molecule has 25 heavy (non-hydrogen) atoms. The smallest absolute Gasteiger partial charge is 0.266 e. The Kier molecular flexibility index (Phi) is 6.02. The maximum Gasteiger partial charge on any atom is 0.266 e. The van der Waals surface area contributed by atoms with Gasteiger partial charge in [0.1, 0.15) is 5.82 Å². The van der Waals surface area contributed by atoms with Crippen molar-refractivity contribution in [1.29, 1.82) is 0 Å². The average molecular weight is 348 g/mol. The van der Waals surface area contributed by atoms with E-state index in [1.54, 1.807) is 18.0 Å². The first kappa shape index (κ1) is 17.9. The van der Waals surface area contributed by atoms with E-state index in [1.807, 2.05) is 6.07 Å². The Labute approximate surface area is 147 Å². The third-order valence-corrected chi connectivity index (χ3v) is 4.74. The molecule has 0 spiro atoms. The van der Waals surface area contributed by atoms with E-state index in [2.05, 4.69) is 5.16 Å². The van der Waals surface area contributed by atoms with Gasteiger partial charge < -0.3 is 14.5 Å². The Balaban J connectivity index is 1.44. The summed E-state index contributed by atoms with van der Waals surface area (Å²) in [6.07, 6.45) is 4.90. The zero-order chi connectivity index (χ0) is 17.6. The maximum absolute atomic E-state index is 13.2. The van der Waals surface area contributed by atoms with Crippen LogP contribution in [0, 0.1) is 5.82 Å². The number of ether oxygens (including phenoxy) is 1. The van der Waals surface area contributed by atoms with Crippen LogP contribution in [0.4, 0.5) is 4.39 Å². The number of likely N-dealkylation sites (N-methyl/N-ethyl adjacent to an activating group) is 1. The third-order valence-electron chi connectivity index (χ3n) is 4.74. The van der Waals surface area contributed by atoms with Crippen molar-refractivity contribution in [2.45, 2.75) is 50.7 Å². The number of oxime groups is 1. The lowest BCUT2D eigenvalue weighted by molar-refractivity contribution is -0.141. The minimum atomic E-state index is -0.569. The van der Waals surface area contributed by atoms with E-state index in [1.165, 1.54) is 18.6 Å². The number of hydrogen-bond acceptors (Lipinski definition) is 4. The van der Waals surface area contributed by atoms with Crippen LogP contribution in [0.25, 0.3) is 0 Å². The van der Waals surface area contributed by atoms with Crippen molar-refractivity contribution in [1.82, 2.24) is 4.90 Å². The summed E-state index contributed by atoms with van der Waals surface area (Å²) in [4.78, 5) is 19.5. The number of halogens is 1. The van der Waals surface area contributed by atoms with E-state index in [0.717, 1.165) is 37.1 Å². The van der Waals surface area contributed by atoms with E-state index < -0.39 is 6.10 Å². The molecule has 0 N–H and O–H groups in total. The van der Waals surface area contributed by atoms with Gasteiger partial charge in [-0.1, -0.05) is 17.3 Å². The summed E-state index contributed by atoms with van der Waals surface area (Å²) in [6.45, 7) is 1.48. The molecule has 0 radical (unpaired) electrons. The first-order valence-corrected chi connectivity index (χ1v) is 8.94. The zero-order valence-electron chi connectivity index (χ0n) is 14.6. The summed E-state index contributed by atoms with van der Waals surface area (Å²) in [5.74, 6) is -0.330. The number of rotatable bonds is 6.